The van der Waals surface area contributed by atoms with Gasteiger partial charge >= 0.3 is 0 Å². The highest BCUT2D eigenvalue weighted by atomic mass is 15.3. The van der Waals surface area contributed by atoms with Crippen LogP contribution in [0.1, 0.15) is 5.56 Å². The highest BCUT2D eigenvalue weighted by Crippen LogP contribution is 2.35. The predicted octanol–water partition coefficient (Wildman–Crippen LogP) is 1.33. The minimum atomic E-state index is 0.625. The molecular weight excluding hydrogens is 328 g/mol. The average molecular weight is 348 g/mol. The van der Waals surface area contributed by atoms with E-state index in [2.05, 4.69) is 36.8 Å². The van der Waals surface area contributed by atoms with Crippen molar-refractivity contribution >= 4 is 11.6 Å². The van der Waals surface area contributed by atoms with Gasteiger partial charge in [-0.3, -0.25) is 4.98 Å². The molecule has 0 spiro atoms. The molecular formula is C18H20N8. The fourth-order valence-corrected chi connectivity index (χ4v) is 4.09. The van der Waals surface area contributed by atoms with Crippen molar-refractivity contribution in [3.8, 4) is 5.82 Å². The first kappa shape index (κ1) is 15.2. The molecule has 0 saturated carbocycles. The van der Waals surface area contributed by atoms with E-state index in [4.69, 9.17) is 4.98 Å². The number of aryl methyl sites for hydroxylation is 1. The van der Waals surface area contributed by atoms with E-state index < -0.39 is 0 Å². The second-order valence-electron chi connectivity index (χ2n) is 7.05. The maximum absolute atomic E-state index is 4.75. The Morgan fingerprint density at radius 1 is 0.923 bits per heavy atom. The van der Waals surface area contributed by atoms with E-state index in [0.717, 1.165) is 49.2 Å². The summed E-state index contributed by atoms with van der Waals surface area (Å²) in [6, 6.07) is 1.89. The van der Waals surface area contributed by atoms with E-state index in [9.17, 15) is 0 Å². The van der Waals surface area contributed by atoms with Crippen LogP contribution in [0.15, 0.2) is 43.4 Å². The molecule has 3 aromatic heterocycles. The SMILES string of the molecule is Cc1cncnc1N1CC2CN(c3cncc(-n4cccn4)n3)CC2C1. The fraction of sp³-hybridized carbons (Fsp3) is 0.389. The molecule has 0 aromatic carbocycles. The van der Waals surface area contributed by atoms with Crippen LogP contribution < -0.4 is 9.80 Å². The standard InChI is InChI=1S/C18H20N8/c1-13-5-20-12-21-18(13)25-10-14-8-24(9-15(14)11-25)16-6-19-7-17(23-16)26-4-2-3-22-26/h2-7,12,14-15H,8-11H2,1H3. The Balaban J connectivity index is 1.31. The molecule has 8 heteroatoms. The van der Waals surface area contributed by atoms with Crippen LogP contribution in [0, 0.1) is 18.8 Å². The number of hydrogen-bond acceptors (Lipinski definition) is 7. The van der Waals surface area contributed by atoms with E-state index in [1.807, 2.05) is 24.7 Å². The van der Waals surface area contributed by atoms with Crippen molar-refractivity contribution in [1.29, 1.82) is 0 Å². The van der Waals surface area contributed by atoms with Crippen LogP contribution in [0.4, 0.5) is 11.6 Å². The first-order valence-corrected chi connectivity index (χ1v) is 8.86. The summed E-state index contributed by atoms with van der Waals surface area (Å²) < 4.78 is 1.74. The van der Waals surface area contributed by atoms with Gasteiger partial charge in [-0.1, -0.05) is 0 Å². The van der Waals surface area contributed by atoms with Crippen molar-refractivity contribution in [2.24, 2.45) is 11.8 Å². The van der Waals surface area contributed by atoms with Gasteiger partial charge in [0.15, 0.2) is 5.82 Å². The Morgan fingerprint density at radius 3 is 2.42 bits per heavy atom. The summed E-state index contributed by atoms with van der Waals surface area (Å²) in [5, 5.41) is 4.24. The van der Waals surface area contributed by atoms with Gasteiger partial charge in [0.05, 0.1) is 12.4 Å². The zero-order valence-corrected chi connectivity index (χ0v) is 14.6. The van der Waals surface area contributed by atoms with Crippen molar-refractivity contribution in [1.82, 2.24) is 29.7 Å². The average Bonchev–Trinajstić information content (AvgIpc) is 3.38. The molecule has 2 saturated heterocycles. The first-order valence-electron chi connectivity index (χ1n) is 8.86. The lowest BCUT2D eigenvalue weighted by atomic mass is 10.0. The van der Waals surface area contributed by atoms with Crippen LogP contribution in [0.5, 0.6) is 0 Å². The van der Waals surface area contributed by atoms with Crippen molar-refractivity contribution in [2.45, 2.75) is 6.92 Å². The van der Waals surface area contributed by atoms with Gasteiger partial charge in [0.1, 0.15) is 18.0 Å². The van der Waals surface area contributed by atoms with Crippen LogP contribution in [0.2, 0.25) is 0 Å². The summed E-state index contributed by atoms with van der Waals surface area (Å²) >= 11 is 0. The third-order valence-corrected chi connectivity index (χ3v) is 5.33. The molecule has 0 bridgehead atoms. The topological polar surface area (TPSA) is 75.9 Å². The Morgan fingerprint density at radius 2 is 1.69 bits per heavy atom. The highest BCUT2D eigenvalue weighted by molar-refractivity contribution is 5.48. The molecule has 0 radical (unpaired) electrons. The number of rotatable bonds is 3. The van der Waals surface area contributed by atoms with Crippen LogP contribution in [-0.4, -0.2) is 55.9 Å². The maximum atomic E-state index is 4.75. The lowest BCUT2D eigenvalue weighted by Gasteiger charge is -2.23. The molecule has 0 amide bonds. The van der Waals surface area contributed by atoms with E-state index in [0.29, 0.717) is 11.8 Å². The number of hydrogen-bond donors (Lipinski definition) is 0. The molecule has 3 aromatic rings. The molecule has 5 heterocycles. The van der Waals surface area contributed by atoms with E-state index >= 15 is 0 Å². The van der Waals surface area contributed by atoms with Crippen molar-refractivity contribution in [2.75, 3.05) is 36.0 Å². The highest BCUT2D eigenvalue weighted by Gasteiger charge is 2.41. The summed E-state index contributed by atoms with van der Waals surface area (Å²) in [6.45, 7) is 6.15. The summed E-state index contributed by atoms with van der Waals surface area (Å²) in [4.78, 5) is 22.4. The monoisotopic (exact) mass is 348 g/mol. The van der Waals surface area contributed by atoms with Gasteiger partial charge in [-0.15, -0.1) is 0 Å². The number of nitrogens with zero attached hydrogens (tertiary/aromatic N) is 8. The molecule has 132 valence electrons. The third kappa shape index (κ3) is 2.58. The molecule has 2 fully saturated rings. The van der Waals surface area contributed by atoms with Crippen molar-refractivity contribution in [3.05, 3.63) is 48.9 Å². The minimum absolute atomic E-state index is 0.625. The van der Waals surface area contributed by atoms with Crippen LogP contribution in [-0.2, 0) is 0 Å². The van der Waals surface area contributed by atoms with Gasteiger partial charge in [0.2, 0.25) is 0 Å². The largest absolute Gasteiger partial charge is 0.356 e. The Hall–Kier alpha value is -3.03. The zero-order valence-electron chi connectivity index (χ0n) is 14.6. The molecule has 0 N–H and O–H groups in total. The third-order valence-electron chi connectivity index (χ3n) is 5.33. The summed E-state index contributed by atoms with van der Waals surface area (Å²) in [5.41, 5.74) is 1.14. The molecule has 5 rings (SSSR count). The molecule has 2 aliphatic rings. The Labute approximate surface area is 151 Å². The van der Waals surface area contributed by atoms with Crippen molar-refractivity contribution in [3.63, 3.8) is 0 Å². The number of aromatic nitrogens is 6. The smallest absolute Gasteiger partial charge is 0.173 e. The van der Waals surface area contributed by atoms with Crippen LogP contribution >= 0.6 is 0 Å². The van der Waals surface area contributed by atoms with Crippen LogP contribution in [0.3, 0.4) is 0 Å². The van der Waals surface area contributed by atoms with Gasteiger partial charge in [0.25, 0.3) is 0 Å². The van der Waals surface area contributed by atoms with Gasteiger partial charge in [0, 0.05) is 62.2 Å². The predicted molar refractivity (Wildman–Crippen MR) is 97.3 cm³/mol. The first-order chi connectivity index (χ1) is 12.8. The van der Waals surface area contributed by atoms with E-state index in [1.54, 1.807) is 23.4 Å². The fourth-order valence-electron chi connectivity index (χ4n) is 4.09. The quantitative estimate of drug-likeness (QED) is 0.707. The van der Waals surface area contributed by atoms with Crippen LogP contribution in [0.25, 0.3) is 5.82 Å². The van der Waals surface area contributed by atoms with Gasteiger partial charge in [-0.2, -0.15) is 5.10 Å². The lowest BCUT2D eigenvalue weighted by molar-refractivity contribution is 0.533. The van der Waals surface area contributed by atoms with Crippen molar-refractivity contribution < 1.29 is 0 Å². The lowest BCUT2D eigenvalue weighted by Crippen LogP contribution is -2.30. The molecule has 2 aliphatic heterocycles. The zero-order chi connectivity index (χ0) is 17.5. The van der Waals surface area contributed by atoms with Gasteiger partial charge < -0.3 is 9.80 Å². The van der Waals surface area contributed by atoms with E-state index in [-0.39, 0.29) is 0 Å². The number of anilines is 2. The molecule has 2 unspecified atom stereocenters. The minimum Gasteiger partial charge on any atom is -0.356 e. The Kier molecular flexibility index (Phi) is 3.55. The Bertz CT molecular complexity index is 895. The molecule has 2 atom stereocenters. The molecule has 8 nitrogen and oxygen atoms in total. The summed E-state index contributed by atoms with van der Waals surface area (Å²) in [5.74, 6) is 4.00. The van der Waals surface area contributed by atoms with E-state index in [1.165, 1.54) is 0 Å². The second kappa shape index (κ2) is 6.05. The second-order valence-corrected chi connectivity index (χ2v) is 7.05. The normalized spacial score (nSPS) is 22.0. The summed E-state index contributed by atoms with van der Waals surface area (Å²) in [7, 11) is 0. The number of fused-ring (bicyclic) bond motifs is 1. The van der Waals surface area contributed by atoms with Gasteiger partial charge in [-0.05, 0) is 13.0 Å². The summed E-state index contributed by atoms with van der Waals surface area (Å²) in [6.07, 6.45) is 10.7. The molecule has 26 heavy (non-hydrogen) atoms. The molecule has 0 aliphatic carbocycles. The van der Waals surface area contributed by atoms with Gasteiger partial charge in [-0.25, -0.2) is 19.6 Å². The maximum Gasteiger partial charge on any atom is 0.173 e.